The van der Waals surface area contributed by atoms with Gasteiger partial charge in [0.1, 0.15) is 34.0 Å². The summed E-state index contributed by atoms with van der Waals surface area (Å²) in [6.45, 7) is 0.212. The number of carboxylic acid groups (broad SMARTS) is 3. The van der Waals surface area contributed by atoms with Gasteiger partial charge in [-0.05, 0) is 228 Å². The molecule has 5 unspecified atom stereocenters. The number of carboxylic acids is 3. The Balaban J connectivity index is 0.000000135. The number of ether oxygens (including phenoxy) is 1. The van der Waals surface area contributed by atoms with Crippen LogP contribution >= 0.6 is 0 Å². The first-order valence-electron chi connectivity index (χ1n) is 41.8. The molecule has 0 spiro atoms. The summed E-state index contributed by atoms with van der Waals surface area (Å²) in [5, 5.41) is 39.2. The number of halogens is 4. The lowest BCUT2D eigenvalue weighted by atomic mass is 9.49. The predicted molar refractivity (Wildman–Crippen MR) is 488 cm³/mol. The number of aliphatic carboxylic acids is 2. The van der Waals surface area contributed by atoms with E-state index in [-0.39, 0.29) is 67.9 Å². The Labute approximate surface area is 762 Å². The molecule has 0 radical (unpaired) electrons. The number of benzene rings is 13. The highest BCUT2D eigenvalue weighted by Gasteiger charge is 2.65. The topological polar surface area (TPSA) is 267 Å². The summed E-state index contributed by atoms with van der Waals surface area (Å²) in [7, 11) is -8.36. The fourth-order valence-corrected chi connectivity index (χ4v) is 27.8. The third-order valence-electron chi connectivity index (χ3n) is 22.1. The molecular formula is C104H96F4O15S6. The number of carbonyl (C=O) groups excluding carboxylic acids is 3. The van der Waals surface area contributed by atoms with E-state index in [2.05, 4.69) is 364 Å². The van der Waals surface area contributed by atoms with Crippen molar-refractivity contribution in [2.75, 3.05) is 5.75 Å². The standard InChI is InChI=1S/4C18H15S.C11H16O2.C9H12O8S2.C7H6O3.C5H6F4O2/c4*1-4-10-16(11-5-1)19(17-12-6-2-7-13-17)18-14-8-3-9-15-18;12-10(13)11-4-7-1-8(5-11)3-9(2-7)6-11;10-7(3-18(11,12)13)16-8-4-1-5-6(2-4)19(14,15)17-9(5)8;8-6-4-2-1-3-5(6)7(9)10;1-4(6,7)2-5(8,9)3(10)11/h4*1-15H;7-9H,1-6H2,(H,12,13);4-6,8-9H,1-3H2,(H,11,12,13);1-4,8H,(H,9,10);2H2,1H3,(H,10,11)/q4*+1;;;;/p-4. The molecule has 13 aromatic rings. The molecule has 6 bridgehead atoms. The smallest absolute Gasteiger partial charge is 0.335 e. The number of para-hydroxylation sites is 1. The molecule has 129 heavy (non-hydrogen) atoms. The molecule has 666 valence electrons. The monoisotopic (exact) mass is 1850 g/mol. The van der Waals surface area contributed by atoms with Crippen molar-refractivity contribution in [1.82, 2.24) is 0 Å². The predicted octanol–water partition coefficient (Wildman–Crippen LogP) is 19.5. The Bertz CT molecular complexity index is 5040. The molecular weight excluding hydrogens is 1760 g/mol. The van der Waals surface area contributed by atoms with Gasteiger partial charge in [0.25, 0.3) is 22.0 Å². The first-order chi connectivity index (χ1) is 62.0. The van der Waals surface area contributed by atoms with Crippen LogP contribution < -0.4 is 15.3 Å². The minimum absolute atomic E-state index is 0.0146. The molecule has 5 atom stereocenters. The largest absolute Gasteiger partial charge is 0.872 e. The Hall–Kier alpha value is -11.5. The van der Waals surface area contributed by atoms with Crippen molar-refractivity contribution in [2.24, 2.45) is 35.0 Å². The van der Waals surface area contributed by atoms with Gasteiger partial charge < -0.3 is 39.3 Å². The summed E-state index contributed by atoms with van der Waals surface area (Å²) >= 11 is 0. The first kappa shape index (κ1) is 96.6. The van der Waals surface area contributed by atoms with Crippen LogP contribution in [0.4, 0.5) is 17.6 Å². The number of fused-ring (bicyclic) bond motifs is 1. The SMILES string of the molecule is CC(F)(F)CC(F)(F)C(=O)[O-].O=C(CS(=O)(=O)[O-])OC1C2CC3C1OS(=O)(=O)C3C2.O=C(O)c1ccccc1[O-].O=C([O-])C12CC3CC(CC(C3)C1)C2.c1ccc([S+](c2ccccc2)c2ccccc2)cc1.c1ccc([S+](c2ccccc2)c2ccccc2)cc1.c1ccc([S+](c2ccccc2)c2ccccc2)cc1.c1ccc([S+](c2ccccc2)c2ccccc2)cc1. The quantitative estimate of drug-likeness (QED) is 0.0244. The number of alkyl halides is 4. The Morgan fingerprint density at radius 2 is 0.667 bits per heavy atom. The highest BCUT2D eigenvalue weighted by atomic mass is 32.2. The molecule has 25 heteroatoms. The Morgan fingerprint density at radius 3 is 0.868 bits per heavy atom. The summed E-state index contributed by atoms with van der Waals surface area (Å²) in [6, 6.07) is 134. The van der Waals surface area contributed by atoms with Crippen molar-refractivity contribution in [3.63, 3.8) is 0 Å². The molecule has 15 nitrogen and oxygen atoms in total. The highest BCUT2D eigenvalue weighted by molar-refractivity contribution is 7.98. The average Bonchev–Trinajstić information content (AvgIpc) is 1.52. The number of rotatable bonds is 20. The second-order valence-electron chi connectivity index (χ2n) is 31.7. The minimum Gasteiger partial charge on any atom is -0.872 e. The molecule has 0 aromatic heterocycles. The fraction of sp³-hybridized carbons (Fsp3) is 0.212. The summed E-state index contributed by atoms with van der Waals surface area (Å²) in [5.74, 6) is -13.9. The second kappa shape index (κ2) is 45.6. The number of aromatic carboxylic acids is 1. The molecule has 7 fully saturated rings. The van der Waals surface area contributed by atoms with Crippen LogP contribution in [0.15, 0.2) is 447 Å². The maximum absolute atomic E-state index is 11.9. The highest BCUT2D eigenvalue weighted by Crippen LogP contribution is 2.60. The van der Waals surface area contributed by atoms with Crippen LogP contribution in [0.2, 0.25) is 0 Å². The van der Waals surface area contributed by atoms with Crippen molar-refractivity contribution in [1.29, 1.82) is 0 Å². The van der Waals surface area contributed by atoms with Crippen LogP contribution in [0.3, 0.4) is 0 Å². The Kier molecular flexibility index (Phi) is 34.2. The third-order valence-corrected chi connectivity index (χ3v) is 33.4. The lowest BCUT2D eigenvalue weighted by Crippen LogP contribution is -2.54. The molecule has 0 amide bonds. The maximum Gasteiger partial charge on any atom is 0.335 e. The van der Waals surface area contributed by atoms with Gasteiger partial charge in [0, 0.05) is 23.2 Å². The van der Waals surface area contributed by atoms with E-state index in [1.54, 1.807) is 0 Å². The summed E-state index contributed by atoms with van der Waals surface area (Å²) in [6.07, 6.45) is 4.06. The van der Waals surface area contributed by atoms with Gasteiger partial charge in [-0.2, -0.15) is 17.2 Å². The molecule has 1 heterocycles. The zero-order chi connectivity index (χ0) is 91.6. The number of hydrogen-bond donors (Lipinski definition) is 1. The van der Waals surface area contributed by atoms with Crippen molar-refractivity contribution < 1.29 is 87.5 Å². The molecule has 7 aliphatic rings. The van der Waals surface area contributed by atoms with Crippen LogP contribution in [0.5, 0.6) is 5.75 Å². The van der Waals surface area contributed by atoms with E-state index in [0.717, 1.165) is 19.3 Å². The van der Waals surface area contributed by atoms with Gasteiger partial charge in [-0.25, -0.2) is 22.0 Å². The number of carbonyl (C=O) groups is 4. The van der Waals surface area contributed by atoms with Gasteiger partial charge >= 0.3 is 11.9 Å². The molecule has 1 aliphatic heterocycles. The fourth-order valence-electron chi connectivity index (χ4n) is 17.2. The zero-order valence-corrected chi connectivity index (χ0v) is 75.2. The van der Waals surface area contributed by atoms with Gasteiger partial charge in [0.2, 0.25) is 0 Å². The van der Waals surface area contributed by atoms with Gasteiger partial charge in [-0.3, -0.25) is 8.98 Å². The van der Waals surface area contributed by atoms with E-state index < -0.39 is 96.8 Å². The summed E-state index contributed by atoms with van der Waals surface area (Å²) in [5.41, 5.74) is -0.572. The van der Waals surface area contributed by atoms with Gasteiger partial charge in [-0.15, -0.1) is 0 Å². The van der Waals surface area contributed by atoms with E-state index in [0.29, 0.717) is 30.6 Å². The maximum atomic E-state index is 11.9. The van der Waals surface area contributed by atoms with Crippen LogP contribution in [-0.4, -0.2) is 85.4 Å². The minimum atomic E-state index is -4.70. The second-order valence-corrected chi connectivity index (χ2v) is 42.9. The number of esters is 1. The Morgan fingerprint density at radius 1 is 0.419 bits per heavy atom. The summed E-state index contributed by atoms with van der Waals surface area (Å²) in [4.78, 5) is 58.5. The van der Waals surface area contributed by atoms with Crippen molar-refractivity contribution in [3.8, 4) is 5.75 Å². The van der Waals surface area contributed by atoms with Crippen molar-refractivity contribution in [2.45, 2.75) is 153 Å². The lowest BCUT2D eigenvalue weighted by molar-refractivity contribution is -0.333. The zero-order valence-electron chi connectivity index (χ0n) is 70.3. The van der Waals surface area contributed by atoms with E-state index >= 15 is 0 Å². The van der Waals surface area contributed by atoms with Crippen LogP contribution in [-0.2, 0) is 87.1 Å². The van der Waals surface area contributed by atoms with Crippen molar-refractivity contribution in [3.05, 3.63) is 394 Å². The lowest BCUT2D eigenvalue weighted by Gasteiger charge is -2.57. The molecule has 1 saturated heterocycles. The molecule has 13 aromatic carbocycles. The van der Waals surface area contributed by atoms with Crippen LogP contribution in [0.1, 0.15) is 75.1 Å². The third kappa shape index (κ3) is 27.3. The van der Waals surface area contributed by atoms with E-state index in [1.807, 2.05) is 0 Å². The van der Waals surface area contributed by atoms with Gasteiger partial charge in [0.05, 0.1) is 60.8 Å². The first-order valence-corrected chi connectivity index (χ1v) is 49.8. The number of hydrogen-bond acceptors (Lipinski definition) is 14. The van der Waals surface area contributed by atoms with Gasteiger partial charge in [-0.1, -0.05) is 242 Å². The molecule has 1 N–H and O–H groups in total. The van der Waals surface area contributed by atoms with Gasteiger partial charge in [0.15, 0.2) is 58.7 Å². The van der Waals surface area contributed by atoms with E-state index in [9.17, 15) is 73.4 Å². The average molecular weight is 1850 g/mol. The van der Waals surface area contributed by atoms with E-state index in [4.69, 9.17) is 14.0 Å². The summed E-state index contributed by atoms with van der Waals surface area (Å²) < 4.78 is 112. The molecule has 20 rings (SSSR count). The molecule has 6 saturated carbocycles. The molecule has 6 aliphatic carbocycles. The van der Waals surface area contributed by atoms with Crippen molar-refractivity contribution >= 4 is 87.7 Å². The normalized spacial score (nSPS) is 19.6. The van der Waals surface area contributed by atoms with Crippen LogP contribution in [0.25, 0.3) is 0 Å². The van der Waals surface area contributed by atoms with Crippen LogP contribution in [0, 0.1) is 35.0 Å². The van der Waals surface area contributed by atoms with E-state index in [1.165, 1.54) is 102 Å².